The van der Waals surface area contributed by atoms with Gasteiger partial charge in [-0.1, -0.05) is 18.2 Å². The van der Waals surface area contributed by atoms with E-state index in [2.05, 4.69) is 12.2 Å². The van der Waals surface area contributed by atoms with Crippen LogP contribution in [-0.2, 0) is 22.2 Å². The Morgan fingerprint density at radius 2 is 2.00 bits per heavy atom. The van der Waals surface area contributed by atoms with Crippen molar-refractivity contribution in [3.63, 3.8) is 0 Å². The molecular formula is C14H19N3O2S. The van der Waals surface area contributed by atoms with Crippen molar-refractivity contribution in [3.05, 3.63) is 35.5 Å². The highest BCUT2D eigenvalue weighted by Gasteiger charge is 2.38. The molecule has 0 fully saturated rings. The molecular weight excluding hydrogens is 274 g/mol. The highest BCUT2D eigenvalue weighted by Crippen LogP contribution is 2.38. The fraction of sp³-hybridized carbons (Fsp3) is 0.429. The summed E-state index contributed by atoms with van der Waals surface area (Å²) in [6, 6.07) is 7.81. The maximum Gasteiger partial charge on any atom is 0.303 e. The van der Waals surface area contributed by atoms with Crippen LogP contribution in [0.15, 0.2) is 24.3 Å². The molecule has 2 heterocycles. The fourth-order valence-corrected chi connectivity index (χ4v) is 4.45. The second kappa shape index (κ2) is 4.07. The molecule has 1 atom stereocenters. The van der Waals surface area contributed by atoms with Gasteiger partial charge in [0, 0.05) is 11.4 Å². The lowest BCUT2D eigenvalue weighted by Gasteiger charge is -2.37. The molecule has 1 aliphatic heterocycles. The van der Waals surface area contributed by atoms with E-state index in [9.17, 15) is 8.42 Å². The monoisotopic (exact) mass is 293 g/mol. The van der Waals surface area contributed by atoms with Gasteiger partial charge in [-0.15, -0.1) is 0 Å². The van der Waals surface area contributed by atoms with Crippen molar-refractivity contribution in [3.8, 4) is 0 Å². The Balaban J connectivity index is 2.51. The van der Waals surface area contributed by atoms with Gasteiger partial charge < -0.3 is 5.32 Å². The number of para-hydroxylation sites is 1. The highest BCUT2D eigenvalue weighted by molar-refractivity contribution is 7.87. The van der Waals surface area contributed by atoms with Crippen molar-refractivity contribution in [2.24, 2.45) is 5.14 Å². The van der Waals surface area contributed by atoms with E-state index in [1.54, 1.807) is 6.07 Å². The minimum Gasteiger partial charge on any atom is -0.304 e. The number of fused-ring (bicyclic) bond motifs is 3. The van der Waals surface area contributed by atoms with E-state index in [0.717, 1.165) is 23.1 Å². The van der Waals surface area contributed by atoms with Gasteiger partial charge in [-0.25, -0.2) is 9.11 Å². The fourth-order valence-electron chi connectivity index (χ4n) is 3.42. The van der Waals surface area contributed by atoms with Crippen molar-refractivity contribution in [2.75, 3.05) is 0 Å². The Morgan fingerprint density at radius 1 is 1.35 bits per heavy atom. The van der Waals surface area contributed by atoms with Crippen LogP contribution in [0.3, 0.4) is 0 Å². The third-order valence-electron chi connectivity index (χ3n) is 3.90. The Bertz CT molecular complexity index is 790. The molecule has 20 heavy (non-hydrogen) atoms. The summed E-state index contributed by atoms with van der Waals surface area (Å²) in [6.45, 7) is 6.08. The molecule has 0 amide bonds. The number of hydrogen-bond donors (Lipinski definition) is 2. The number of rotatable bonds is 1. The highest BCUT2D eigenvalue weighted by atomic mass is 32.2. The maximum atomic E-state index is 12.1. The second-order valence-electron chi connectivity index (χ2n) is 6.03. The molecule has 0 saturated heterocycles. The van der Waals surface area contributed by atoms with Crippen molar-refractivity contribution in [2.45, 2.75) is 38.8 Å². The first kappa shape index (κ1) is 13.6. The van der Waals surface area contributed by atoms with Crippen molar-refractivity contribution >= 4 is 21.1 Å². The van der Waals surface area contributed by atoms with Crippen LogP contribution < -0.4 is 10.5 Å². The van der Waals surface area contributed by atoms with Gasteiger partial charge in [0.05, 0.1) is 16.7 Å². The number of nitrogens with zero attached hydrogens (tertiary/aromatic N) is 1. The lowest BCUT2D eigenvalue weighted by atomic mass is 9.87. The van der Waals surface area contributed by atoms with Gasteiger partial charge in [0.15, 0.2) is 0 Å². The Morgan fingerprint density at radius 3 is 2.65 bits per heavy atom. The van der Waals surface area contributed by atoms with E-state index in [1.165, 1.54) is 3.97 Å². The Labute approximate surface area is 119 Å². The van der Waals surface area contributed by atoms with Crippen LogP contribution >= 0.6 is 0 Å². The summed E-state index contributed by atoms with van der Waals surface area (Å²) in [5.41, 5.74) is 2.03. The molecule has 2 aromatic rings. The van der Waals surface area contributed by atoms with E-state index in [4.69, 9.17) is 5.14 Å². The molecule has 0 bridgehead atoms. The van der Waals surface area contributed by atoms with Crippen LogP contribution in [0.2, 0.25) is 0 Å². The third-order valence-corrected chi connectivity index (χ3v) is 4.79. The van der Waals surface area contributed by atoms with E-state index in [1.807, 2.05) is 32.0 Å². The first-order valence-corrected chi connectivity index (χ1v) is 8.16. The van der Waals surface area contributed by atoms with Gasteiger partial charge in [-0.3, -0.25) is 0 Å². The van der Waals surface area contributed by atoms with Gasteiger partial charge in [-0.2, -0.15) is 8.42 Å². The van der Waals surface area contributed by atoms with Crippen LogP contribution in [0.25, 0.3) is 10.9 Å². The summed E-state index contributed by atoms with van der Waals surface area (Å²) >= 11 is 0. The molecule has 108 valence electrons. The van der Waals surface area contributed by atoms with Gasteiger partial charge in [0.2, 0.25) is 0 Å². The molecule has 0 saturated carbocycles. The molecule has 3 rings (SSSR count). The third kappa shape index (κ3) is 1.87. The predicted molar refractivity (Wildman–Crippen MR) is 79.8 cm³/mol. The minimum atomic E-state index is -3.84. The normalized spacial score (nSPS) is 21.9. The lowest BCUT2D eigenvalue weighted by Crippen LogP contribution is -2.49. The topological polar surface area (TPSA) is 77.1 Å². The molecule has 1 unspecified atom stereocenters. The SMILES string of the molecule is CC1Cc2c(n(S(N)(=O)=O)c3ccccc23)C(C)(C)N1. The summed E-state index contributed by atoms with van der Waals surface area (Å²) < 4.78 is 25.4. The number of nitrogens with two attached hydrogens (primary N) is 1. The van der Waals surface area contributed by atoms with Crippen molar-refractivity contribution in [1.29, 1.82) is 0 Å². The maximum absolute atomic E-state index is 12.1. The summed E-state index contributed by atoms with van der Waals surface area (Å²) in [4.78, 5) is 0. The average molecular weight is 293 g/mol. The summed E-state index contributed by atoms with van der Waals surface area (Å²) in [5.74, 6) is 0. The molecule has 0 radical (unpaired) electrons. The smallest absolute Gasteiger partial charge is 0.303 e. The van der Waals surface area contributed by atoms with Gasteiger partial charge in [0.1, 0.15) is 0 Å². The van der Waals surface area contributed by atoms with E-state index in [-0.39, 0.29) is 6.04 Å². The molecule has 0 spiro atoms. The minimum absolute atomic E-state index is 0.289. The Hall–Kier alpha value is -1.37. The largest absolute Gasteiger partial charge is 0.304 e. The molecule has 3 N–H and O–H groups in total. The van der Waals surface area contributed by atoms with E-state index >= 15 is 0 Å². The van der Waals surface area contributed by atoms with Crippen LogP contribution in [0.4, 0.5) is 0 Å². The van der Waals surface area contributed by atoms with Crippen LogP contribution in [-0.4, -0.2) is 18.4 Å². The first-order valence-electron chi connectivity index (χ1n) is 6.65. The standard InChI is InChI=1S/C14H19N3O2S/c1-9-8-11-10-6-4-5-7-12(10)17(20(15,18)19)13(11)14(2,3)16-9/h4-7,9,16H,8H2,1-3H3,(H2,15,18,19). The molecule has 5 nitrogen and oxygen atoms in total. The Kier molecular flexibility index (Phi) is 2.77. The zero-order valence-corrected chi connectivity index (χ0v) is 12.7. The van der Waals surface area contributed by atoms with Crippen LogP contribution in [0.5, 0.6) is 0 Å². The van der Waals surface area contributed by atoms with Gasteiger partial charge in [-0.05, 0) is 38.8 Å². The number of nitrogens with one attached hydrogen (secondary N) is 1. The predicted octanol–water partition coefficient (Wildman–Crippen LogP) is 1.46. The number of aromatic nitrogens is 1. The first-order chi connectivity index (χ1) is 9.22. The van der Waals surface area contributed by atoms with E-state index < -0.39 is 15.7 Å². The molecule has 0 aliphatic carbocycles. The molecule has 1 aromatic heterocycles. The zero-order valence-electron chi connectivity index (χ0n) is 11.8. The summed E-state index contributed by atoms with van der Waals surface area (Å²) in [5, 5.41) is 9.87. The lowest BCUT2D eigenvalue weighted by molar-refractivity contribution is 0.316. The molecule has 1 aromatic carbocycles. The molecule has 6 heteroatoms. The zero-order chi connectivity index (χ0) is 14.7. The van der Waals surface area contributed by atoms with Gasteiger partial charge in [0.25, 0.3) is 0 Å². The molecule has 1 aliphatic rings. The quantitative estimate of drug-likeness (QED) is 0.835. The number of benzene rings is 1. The van der Waals surface area contributed by atoms with E-state index in [0.29, 0.717) is 5.52 Å². The van der Waals surface area contributed by atoms with Crippen molar-refractivity contribution in [1.82, 2.24) is 9.29 Å². The summed E-state index contributed by atoms with van der Waals surface area (Å²) in [7, 11) is -3.84. The van der Waals surface area contributed by atoms with Crippen LogP contribution in [0.1, 0.15) is 32.0 Å². The second-order valence-corrected chi connectivity index (χ2v) is 7.42. The summed E-state index contributed by atoms with van der Waals surface area (Å²) in [6.07, 6.45) is 0.793. The van der Waals surface area contributed by atoms with Crippen molar-refractivity contribution < 1.29 is 8.42 Å². The van der Waals surface area contributed by atoms with Gasteiger partial charge >= 0.3 is 10.2 Å². The average Bonchev–Trinajstić information content (AvgIpc) is 2.63. The number of hydrogen-bond acceptors (Lipinski definition) is 3. The van der Waals surface area contributed by atoms with Crippen LogP contribution in [0, 0.1) is 0 Å².